The Morgan fingerprint density at radius 1 is 1.41 bits per heavy atom. The molecular weight excluding hydrogens is 320 g/mol. The predicted molar refractivity (Wildman–Crippen MR) is 70.0 cm³/mol. The van der Waals surface area contributed by atoms with Gasteiger partial charge < -0.3 is 4.90 Å². The van der Waals surface area contributed by atoms with Crippen LogP contribution in [0.4, 0.5) is 4.79 Å². The molecule has 0 unspecified atom stereocenters. The third-order valence-corrected chi connectivity index (χ3v) is 3.79. The number of nitrogens with one attached hydrogen (secondary N) is 1. The molecule has 124 valence electrons. The molecule has 2 rings (SSSR count). The molecule has 4 amide bonds. The maximum Gasteiger partial charge on any atom is 0.418 e. The van der Waals surface area contributed by atoms with Crippen molar-refractivity contribution in [3.8, 4) is 0 Å². The first-order chi connectivity index (χ1) is 10.1. The standard InChI is InChI=1S/C10H16N4O7S/c1-6(15)11-12(2)9(16)8-4-3-7-5-13(8)10(17)14(7)21-22(18,19)20/h7-8H,3-5H2,1-2H3,(H,11,15)(H,18,19,20)/t7-,8+/m0/s1. The number of carbonyl (C=O) groups excluding carboxylic acids is 3. The number of nitrogens with zero attached hydrogens (tertiary/aromatic N) is 3. The highest BCUT2D eigenvalue weighted by atomic mass is 32.3. The Bertz CT molecular complexity index is 606. The molecule has 0 aromatic rings. The molecule has 2 fully saturated rings. The van der Waals surface area contributed by atoms with Crippen LogP contribution < -0.4 is 5.43 Å². The number of carbonyl (C=O) groups is 3. The minimum absolute atomic E-state index is 0.0959. The summed E-state index contributed by atoms with van der Waals surface area (Å²) in [6, 6.07) is -2.23. The number of fused-ring (bicyclic) bond motifs is 2. The van der Waals surface area contributed by atoms with Gasteiger partial charge in [-0.2, -0.15) is 13.5 Å². The van der Waals surface area contributed by atoms with Crippen LogP contribution in [-0.2, 0) is 24.3 Å². The summed E-state index contributed by atoms with van der Waals surface area (Å²) < 4.78 is 34.5. The van der Waals surface area contributed by atoms with E-state index in [-0.39, 0.29) is 13.0 Å². The number of urea groups is 1. The second kappa shape index (κ2) is 5.70. The predicted octanol–water partition coefficient (Wildman–Crippen LogP) is -1.50. The molecule has 2 atom stereocenters. The summed E-state index contributed by atoms with van der Waals surface area (Å²) in [5.41, 5.74) is 2.29. The van der Waals surface area contributed by atoms with Crippen LogP contribution >= 0.6 is 0 Å². The highest BCUT2D eigenvalue weighted by Crippen LogP contribution is 2.31. The average molecular weight is 336 g/mol. The lowest BCUT2D eigenvalue weighted by molar-refractivity contribution is -0.143. The molecule has 2 aliphatic heterocycles. The van der Waals surface area contributed by atoms with Gasteiger partial charge in [0, 0.05) is 20.5 Å². The third-order valence-electron chi connectivity index (χ3n) is 3.44. The number of rotatable bonds is 3. The maximum absolute atomic E-state index is 12.2. The summed E-state index contributed by atoms with van der Waals surface area (Å²) in [7, 11) is -3.47. The fourth-order valence-corrected chi connectivity index (χ4v) is 2.99. The zero-order valence-corrected chi connectivity index (χ0v) is 12.7. The first-order valence-electron chi connectivity index (χ1n) is 6.42. The monoisotopic (exact) mass is 336 g/mol. The molecular formula is C10H16N4O7S. The number of likely N-dealkylation sites (N-methyl/N-ethyl adjacent to an activating group) is 1. The fraction of sp³-hybridized carbons (Fsp3) is 0.700. The molecule has 2 saturated heterocycles. The van der Waals surface area contributed by atoms with Crippen LogP contribution in [0.2, 0.25) is 0 Å². The SMILES string of the molecule is CC(=O)NN(C)C(=O)[C@H]1CC[C@H]2CN1C(=O)N2OS(=O)(=O)O. The smallest absolute Gasteiger partial charge is 0.309 e. The number of amides is 4. The number of hydrogen-bond donors (Lipinski definition) is 2. The lowest BCUT2D eigenvalue weighted by Gasteiger charge is -2.32. The van der Waals surface area contributed by atoms with Crippen LogP contribution in [0.3, 0.4) is 0 Å². The Labute approximate surface area is 126 Å². The van der Waals surface area contributed by atoms with E-state index < -0.39 is 40.3 Å². The van der Waals surface area contributed by atoms with Gasteiger partial charge in [0.25, 0.3) is 5.91 Å². The van der Waals surface area contributed by atoms with Gasteiger partial charge in [-0.25, -0.2) is 4.79 Å². The largest absolute Gasteiger partial charge is 0.418 e. The van der Waals surface area contributed by atoms with Crippen molar-refractivity contribution in [1.29, 1.82) is 0 Å². The molecule has 0 aromatic carbocycles. The topological polar surface area (TPSA) is 137 Å². The zero-order valence-electron chi connectivity index (χ0n) is 11.9. The van der Waals surface area contributed by atoms with Gasteiger partial charge in [0.1, 0.15) is 6.04 Å². The normalized spacial score (nSPS) is 24.4. The highest BCUT2D eigenvalue weighted by molar-refractivity contribution is 7.80. The molecule has 2 bridgehead atoms. The third kappa shape index (κ3) is 3.28. The molecule has 2 heterocycles. The Morgan fingerprint density at radius 3 is 2.59 bits per heavy atom. The van der Waals surface area contributed by atoms with Crippen molar-refractivity contribution in [2.75, 3.05) is 13.6 Å². The molecule has 0 spiro atoms. The average Bonchev–Trinajstić information content (AvgIpc) is 2.61. The number of piperidine rings is 1. The summed E-state index contributed by atoms with van der Waals surface area (Å²) in [5.74, 6) is -0.940. The van der Waals surface area contributed by atoms with Crippen molar-refractivity contribution in [3.63, 3.8) is 0 Å². The van der Waals surface area contributed by atoms with Crippen LogP contribution in [0.25, 0.3) is 0 Å². The van der Waals surface area contributed by atoms with Gasteiger partial charge in [-0.05, 0) is 12.8 Å². The second-order valence-electron chi connectivity index (χ2n) is 5.08. The quantitative estimate of drug-likeness (QED) is 0.472. The van der Waals surface area contributed by atoms with Gasteiger partial charge in [-0.1, -0.05) is 0 Å². The van der Waals surface area contributed by atoms with E-state index in [1.54, 1.807) is 0 Å². The van der Waals surface area contributed by atoms with E-state index in [4.69, 9.17) is 4.55 Å². The van der Waals surface area contributed by atoms with Crippen LogP contribution in [0.1, 0.15) is 19.8 Å². The van der Waals surface area contributed by atoms with Crippen LogP contribution in [0.5, 0.6) is 0 Å². The van der Waals surface area contributed by atoms with Crippen LogP contribution in [-0.4, -0.2) is 71.5 Å². The van der Waals surface area contributed by atoms with Crippen LogP contribution in [0.15, 0.2) is 0 Å². The second-order valence-corrected chi connectivity index (χ2v) is 6.08. The summed E-state index contributed by atoms with van der Waals surface area (Å²) in [5, 5.41) is 1.54. The van der Waals surface area contributed by atoms with Gasteiger partial charge in [-0.3, -0.25) is 24.6 Å². The van der Waals surface area contributed by atoms with E-state index in [0.29, 0.717) is 11.5 Å². The lowest BCUT2D eigenvalue weighted by Crippen LogP contribution is -2.54. The Morgan fingerprint density at radius 2 is 2.05 bits per heavy atom. The highest BCUT2D eigenvalue weighted by Gasteiger charge is 2.49. The lowest BCUT2D eigenvalue weighted by atomic mass is 10.0. The zero-order chi connectivity index (χ0) is 16.7. The minimum Gasteiger partial charge on any atom is -0.309 e. The van der Waals surface area contributed by atoms with Gasteiger partial charge in [0.15, 0.2) is 0 Å². The van der Waals surface area contributed by atoms with Crippen molar-refractivity contribution < 1.29 is 31.6 Å². The van der Waals surface area contributed by atoms with E-state index in [9.17, 15) is 22.8 Å². The summed E-state index contributed by atoms with van der Waals surface area (Å²) in [4.78, 5) is 36.5. The van der Waals surface area contributed by atoms with Crippen LogP contribution in [0, 0.1) is 0 Å². The summed E-state index contributed by atoms with van der Waals surface area (Å²) >= 11 is 0. The molecule has 2 aliphatic rings. The summed E-state index contributed by atoms with van der Waals surface area (Å²) in [6.45, 7) is 1.34. The summed E-state index contributed by atoms with van der Waals surface area (Å²) in [6.07, 6.45) is 0.604. The maximum atomic E-state index is 12.2. The molecule has 22 heavy (non-hydrogen) atoms. The number of hydrogen-bond acceptors (Lipinski definition) is 6. The molecule has 12 heteroatoms. The first-order valence-corrected chi connectivity index (χ1v) is 7.78. The van der Waals surface area contributed by atoms with E-state index in [0.717, 1.165) is 9.91 Å². The van der Waals surface area contributed by atoms with Gasteiger partial charge in [0.2, 0.25) is 5.91 Å². The van der Waals surface area contributed by atoms with Crippen molar-refractivity contribution >= 4 is 28.2 Å². The molecule has 0 radical (unpaired) electrons. The molecule has 0 saturated carbocycles. The number of hydroxylamine groups is 2. The van der Waals surface area contributed by atoms with Crippen molar-refractivity contribution in [1.82, 2.24) is 20.4 Å². The number of hydrazine groups is 1. The fourth-order valence-electron chi connectivity index (χ4n) is 2.60. The van der Waals surface area contributed by atoms with Crippen molar-refractivity contribution in [2.45, 2.75) is 31.8 Å². The molecule has 0 aromatic heterocycles. The van der Waals surface area contributed by atoms with Gasteiger partial charge in [-0.15, -0.1) is 4.28 Å². The Kier molecular flexibility index (Phi) is 4.26. The van der Waals surface area contributed by atoms with E-state index in [1.807, 2.05) is 0 Å². The van der Waals surface area contributed by atoms with Crippen molar-refractivity contribution in [3.05, 3.63) is 0 Å². The van der Waals surface area contributed by atoms with Gasteiger partial charge >= 0.3 is 16.4 Å². The van der Waals surface area contributed by atoms with E-state index in [2.05, 4.69) is 9.71 Å². The Hall–Kier alpha value is -1.92. The van der Waals surface area contributed by atoms with Crippen molar-refractivity contribution in [2.24, 2.45) is 0 Å². The van der Waals surface area contributed by atoms with E-state index >= 15 is 0 Å². The minimum atomic E-state index is -4.82. The Balaban J connectivity index is 2.12. The first kappa shape index (κ1) is 16.5. The molecule has 11 nitrogen and oxygen atoms in total. The molecule has 0 aliphatic carbocycles. The van der Waals surface area contributed by atoms with Gasteiger partial charge in [0.05, 0.1) is 6.04 Å². The van der Waals surface area contributed by atoms with E-state index in [1.165, 1.54) is 14.0 Å². The molecule has 2 N–H and O–H groups in total.